The molecule has 0 radical (unpaired) electrons. The number of amides is 1. The summed E-state index contributed by atoms with van der Waals surface area (Å²) in [4.78, 5) is 19.7. The number of aryl methyl sites for hydroxylation is 1. The van der Waals surface area contributed by atoms with Gasteiger partial charge in [0.05, 0.1) is 21.8 Å². The number of benzene rings is 2. The van der Waals surface area contributed by atoms with Crippen LogP contribution in [-0.2, 0) is 14.8 Å². The number of nitrogens with zero attached hydrogens (tertiary/aromatic N) is 2. The zero-order chi connectivity index (χ0) is 20.4. The van der Waals surface area contributed by atoms with E-state index in [2.05, 4.69) is 24.1 Å². The highest BCUT2D eigenvalue weighted by molar-refractivity contribution is 7.89. The number of hydrogen-bond acceptors (Lipinski definition) is 4. The Labute approximate surface area is 164 Å². The summed E-state index contributed by atoms with van der Waals surface area (Å²) in [6, 6.07) is 9.94. The number of sulfonamides is 1. The Morgan fingerprint density at radius 2 is 1.64 bits per heavy atom. The average Bonchev–Trinajstić information content (AvgIpc) is 2.85. The number of nitrogens with two attached hydrogens (primary N) is 1. The molecule has 2 aliphatic heterocycles. The largest absolute Gasteiger partial charge is 0.297 e. The van der Waals surface area contributed by atoms with E-state index in [9.17, 15) is 13.2 Å². The van der Waals surface area contributed by atoms with Crippen molar-refractivity contribution in [1.29, 1.82) is 0 Å². The third kappa shape index (κ3) is 2.78. The highest BCUT2D eigenvalue weighted by Crippen LogP contribution is 2.46. The summed E-state index contributed by atoms with van der Waals surface area (Å²) in [5.74, 6) is -0.161. The topological polar surface area (TPSA) is 92.8 Å². The molecule has 0 atom stereocenters. The summed E-state index contributed by atoms with van der Waals surface area (Å²) in [6.07, 6.45) is 2.10. The minimum Gasteiger partial charge on any atom is -0.297 e. The molecule has 1 amide bonds. The SMILES string of the molecule is CC1=CC(C)(C)N2C(=O)C(=Nc3ccc(S(N)(=O)=O)cc3)c3cc(C)cc1c32. The monoisotopic (exact) mass is 395 g/mol. The summed E-state index contributed by atoms with van der Waals surface area (Å²) in [7, 11) is -3.77. The van der Waals surface area contributed by atoms with Gasteiger partial charge in [-0.15, -0.1) is 0 Å². The lowest BCUT2D eigenvalue weighted by Gasteiger charge is -2.38. The van der Waals surface area contributed by atoms with Gasteiger partial charge in [-0.05, 0) is 75.2 Å². The van der Waals surface area contributed by atoms with Gasteiger partial charge in [-0.1, -0.05) is 6.08 Å². The molecule has 144 valence electrons. The Bertz CT molecular complexity index is 1190. The molecule has 0 aromatic heterocycles. The number of allylic oxidation sites excluding steroid dienone is 1. The molecular formula is C21H21N3O3S. The van der Waals surface area contributed by atoms with Crippen LogP contribution in [0.1, 0.15) is 37.5 Å². The van der Waals surface area contributed by atoms with E-state index in [0.29, 0.717) is 11.4 Å². The summed E-state index contributed by atoms with van der Waals surface area (Å²) in [5, 5.41) is 5.14. The third-order valence-electron chi connectivity index (χ3n) is 5.12. The molecular weight excluding hydrogens is 374 g/mol. The molecule has 28 heavy (non-hydrogen) atoms. The lowest BCUT2D eigenvalue weighted by molar-refractivity contribution is -0.112. The number of rotatable bonds is 2. The smallest absolute Gasteiger partial charge is 0.278 e. The molecule has 0 spiro atoms. The van der Waals surface area contributed by atoms with Crippen LogP contribution in [0.3, 0.4) is 0 Å². The van der Waals surface area contributed by atoms with Crippen LogP contribution in [0.5, 0.6) is 0 Å². The quantitative estimate of drug-likeness (QED) is 0.845. The van der Waals surface area contributed by atoms with Crippen LogP contribution in [-0.4, -0.2) is 25.6 Å². The van der Waals surface area contributed by atoms with Crippen LogP contribution in [0.4, 0.5) is 11.4 Å². The molecule has 2 aromatic carbocycles. The number of primary sulfonamides is 1. The first-order valence-corrected chi connectivity index (χ1v) is 10.4. The fraction of sp³-hybridized carbons (Fsp3) is 0.238. The Balaban J connectivity index is 1.90. The van der Waals surface area contributed by atoms with Gasteiger partial charge in [-0.3, -0.25) is 9.69 Å². The van der Waals surface area contributed by atoms with Gasteiger partial charge in [-0.2, -0.15) is 0 Å². The van der Waals surface area contributed by atoms with Crippen LogP contribution in [0, 0.1) is 6.92 Å². The molecule has 2 heterocycles. The molecule has 0 saturated heterocycles. The molecule has 2 aliphatic rings. The van der Waals surface area contributed by atoms with Crippen molar-refractivity contribution < 1.29 is 13.2 Å². The Hall–Kier alpha value is -2.77. The van der Waals surface area contributed by atoms with Crippen LogP contribution >= 0.6 is 0 Å². The molecule has 0 aliphatic carbocycles. The molecule has 0 saturated carbocycles. The minimum absolute atomic E-state index is 0.00762. The van der Waals surface area contributed by atoms with Gasteiger partial charge in [0.15, 0.2) is 0 Å². The fourth-order valence-electron chi connectivity index (χ4n) is 3.99. The normalized spacial score (nSPS) is 19.0. The molecule has 0 unspecified atom stereocenters. The van der Waals surface area contributed by atoms with Crippen LogP contribution in [0.2, 0.25) is 0 Å². The first-order chi connectivity index (χ1) is 13.0. The van der Waals surface area contributed by atoms with Crippen molar-refractivity contribution in [3.8, 4) is 0 Å². The van der Waals surface area contributed by atoms with Crippen molar-refractivity contribution in [3.63, 3.8) is 0 Å². The number of carbonyl (C=O) groups is 1. The van der Waals surface area contributed by atoms with Gasteiger partial charge in [0, 0.05) is 11.1 Å². The average molecular weight is 395 g/mol. The maximum Gasteiger partial charge on any atom is 0.278 e. The zero-order valence-electron chi connectivity index (χ0n) is 16.1. The Kier molecular flexibility index (Phi) is 3.89. The van der Waals surface area contributed by atoms with Crippen molar-refractivity contribution in [1.82, 2.24) is 0 Å². The summed E-state index contributed by atoms with van der Waals surface area (Å²) in [5.41, 5.74) is 5.30. The van der Waals surface area contributed by atoms with E-state index in [1.807, 2.05) is 26.8 Å². The third-order valence-corrected chi connectivity index (χ3v) is 6.04. The highest BCUT2D eigenvalue weighted by atomic mass is 32.2. The predicted molar refractivity (Wildman–Crippen MR) is 110 cm³/mol. The number of carbonyl (C=O) groups excluding carboxylic acids is 1. The first-order valence-electron chi connectivity index (χ1n) is 8.90. The summed E-state index contributed by atoms with van der Waals surface area (Å²) < 4.78 is 22.9. The second kappa shape index (κ2) is 5.86. The Morgan fingerprint density at radius 1 is 1.04 bits per heavy atom. The van der Waals surface area contributed by atoms with Gasteiger partial charge in [-0.25, -0.2) is 18.5 Å². The van der Waals surface area contributed by atoms with E-state index >= 15 is 0 Å². The van der Waals surface area contributed by atoms with E-state index in [-0.39, 0.29) is 10.8 Å². The molecule has 2 N–H and O–H groups in total. The van der Waals surface area contributed by atoms with E-state index in [1.54, 1.807) is 17.0 Å². The molecule has 0 bridgehead atoms. The van der Waals surface area contributed by atoms with Gasteiger partial charge in [0.25, 0.3) is 5.91 Å². The van der Waals surface area contributed by atoms with Gasteiger partial charge >= 0.3 is 0 Å². The molecule has 2 aromatic rings. The second-order valence-electron chi connectivity index (χ2n) is 7.83. The van der Waals surface area contributed by atoms with Crippen molar-refractivity contribution in [2.45, 2.75) is 38.1 Å². The number of aliphatic imine (C=N–C) groups is 1. The zero-order valence-corrected chi connectivity index (χ0v) is 17.0. The van der Waals surface area contributed by atoms with E-state index in [4.69, 9.17) is 5.14 Å². The van der Waals surface area contributed by atoms with Crippen LogP contribution in [0.25, 0.3) is 5.57 Å². The molecule has 6 nitrogen and oxygen atoms in total. The lowest BCUT2D eigenvalue weighted by Crippen LogP contribution is -2.47. The van der Waals surface area contributed by atoms with Crippen molar-refractivity contribution in [2.24, 2.45) is 10.1 Å². The van der Waals surface area contributed by atoms with Crippen LogP contribution in [0.15, 0.2) is 52.4 Å². The lowest BCUT2D eigenvalue weighted by atomic mass is 9.88. The fourth-order valence-corrected chi connectivity index (χ4v) is 4.51. The van der Waals surface area contributed by atoms with E-state index < -0.39 is 15.6 Å². The molecule has 4 rings (SSSR count). The summed E-state index contributed by atoms with van der Waals surface area (Å²) in [6.45, 7) is 8.06. The highest BCUT2D eigenvalue weighted by Gasteiger charge is 2.45. The van der Waals surface area contributed by atoms with Crippen molar-refractivity contribution in [2.75, 3.05) is 4.90 Å². The number of hydrogen-bond donors (Lipinski definition) is 1. The van der Waals surface area contributed by atoms with Crippen LogP contribution < -0.4 is 10.0 Å². The summed E-state index contributed by atoms with van der Waals surface area (Å²) >= 11 is 0. The predicted octanol–water partition coefficient (Wildman–Crippen LogP) is 3.31. The van der Waals surface area contributed by atoms with E-state index in [1.165, 1.54) is 12.1 Å². The molecule has 0 fully saturated rings. The Morgan fingerprint density at radius 3 is 2.25 bits per heavy atom. The van der Waals surface area contributed by atoms with Crippen molar-refractivity contribution >= 4 is 38.6 Å². The standard InChI is InChI=1S/C21H21N3O3S/c1-12-9-16-13(2)11-21(3,4)24-19(16)17(10-12)18(20(24)25)23-14-5-7-15(8-6-14)28(22,26)27/h5-11H,1-4H3,(H2,22,26,27). The van der Waals surface area contributed by atoms with E-state index in [0.717, 1.165) is 28.0 Å². The van der Waals surface area contributed by atoms with Gasteiger partial charge in [0.1, 0.15) is 5.71 Å². The maximum atomic E-state index is 13.3. The second-order valence-corrected chi connectivity index (χ2v) is 9.39. The van der Waals surface area contributed by atoms with Gasteiger partial charge in [0.2, 0.25) is 10.0 Å². The van der Waals surface area contributed by atoms with Gasteiger partial charge < -0.3 is 0 Å². The number of anilines is 1. The maximum absolute atomic E-state index is 13.3. The van der Waals surface area contributed by atoms with Crippen molar-refractivity contribution in [3.05, 3.63) is 59.2 Å². The first kappa shape index (κ1) is 18.6. The minimum atomic E-state index is -3.77. The molecule has 7 heteroatoms.